The maximum absolute atomic E-state index is 13.7. The molecule has 1 aromatic heterocycles. The number of benzene rings is 2. The van der Waals surface area contributed by atoms with Crippen molar-refractivity contribution in [3.8, 4) is 22.8 Å². The third kappa shape index (κ3) is 4.30. The molecule has 0 atom stereocenters. The lowest BCUT2D eigenvalue weighted by Crippen LogP contribution is -2.48. The molecule has 32 heavy (non-hydrogen) atoms. The van der Waals surface area contributed by atoms with Crippen LogP contribution in [0.5, 0.6) is 11.5 Å². The van der Waals surface area contributed by atoms with Crippen LogP contribution in [0, 0.1) is 12.7 Å². The molecule has 0 N–H and O–H groups in total. The summed E-state index contributed by atoms with van der Waals surface area (Å²) < 4.78 is 51.8. The fourth-order valence-corrected chi connectivity index (χ4v) is 6.19. The third-order valence-electron chi connectivity index (χ3n) is 5.45. The van der Waals surface area contributed by atoms with Crippen molar-refractivity contribution in [2.75, 3.05) is 45.3 Å². The summed E-state index contributed by atoms with van der Waals surface area (Å²) >= 11 is 1.50. The minimum Gasteiger partial charge on any atom is -0.497 e. The molecule has 0 spiro atoms. The van der Waals surface area contributed by atoms with Crippen molar-refractivity contribution >= 4 is 26.5 Å². The maximum Gasteiger partial charge on any atom is 0.243 e. The van der Waals surface area contributed by atoms with Crippen molar-refractivity contribution in [2.24, 2.45) is 0 Å². The highest BCUT2D eigenvalue weighted by molar-refractivity contribution is 7.89. The smallest absolute Gasteiger partial charge is 0.243 e. The van der Waals surface area contributed by atoms with E-state index in [4.69, 9.17) is 14.5 Å². The molecule has 0 saturated carbocycles. The van der Waals surface area contributed by atoms with E-state index in [-0.39, 0.29) is 4.90 Å². The van der Waals surface area contributed by atoms with E-state index >= 15 is 0 Å². The Morgan fingerprint density at radius 2 is 1.78 bits per heavy atom. The first-order chi connectivity index (χ1) is 15.3. The van der Waals surface area contributed by atoms with Crippen molar-refractivity contribution < 1.29 is 22.3 Å². The molecule has 1 saturated heterocycles. The van der Waals surface area contributed by atoms with Gasteiger partial charge in [0.25, 0.3) is 0 Å². The highest BCUT2D eigenvalue weighted by atomic mass is 32.2. The zero-order valence-corrected chi connectivity index (χ0v) is 19.7. The molecular formula is C22H24FN3O4S2. The summed E-state index contributed by atoms with van der Waals surface area (Å²) in [5.74, 6) is 0.812. The van der Waals surface area contributed by atoms with Crippen LogP contribution in [-0.4, -0.2) is 58.1 Å². The lowest BCUT2D eigenvalue weighted by Gasteiger charge is -2.34. The number of sulfonamides is 1. The molecule has 2 heterocycles. The number of methoxy groups -OCH3 is 2. The molecule has 1 aliphatic heterocycles. The highest BCUT2D eigenvalue weighted by Crippen LogP contribution is 2.36. The Morgan fingerprint density at radius 3 is 2.47 bits per heavy atom. The van der Waals surface area contributed by atoms with Crippen LogP contribution in [-0.2, 0) is 10.0 Å². The van der Waals surface area contributed by atoms with E-state index in [9.17, 15) is 12.8 Å². The van der Waals surface area contributed by atoms with Gasteiger partial charge in [-0.2, -0.15) is 4.31 Å². The molecule has 10 heteroatoms. The number of aromatic nitrogens is 1. The number of aryl methyl sites for hydroxylation is 1. The summed E-state index contributed by atoms with van der Waals surface area (Å²) in [5.41, 5.74) is 2.18. The van der Waals surface area contributed by atoms with Crippen molar-refractivity contribution in [2.45, 2.75) is 11.8 Å². The van der Waals surface area contributed by atoms with Gasteiger partial charge >= 0.3 is 0 Å². The predicted octanol–water partition coefficient (Wildman–Crippen LogP) is 3.79. The molecule has 4 rings (SSSR count). The third-order valence-corrected chi connectivity index (χ3v) is 8.40. The van der Waals surface area contributed by atoms with Crippen molar-refractivity contribution in [1.29, 1.82) is 0 Å². The molecule has 0 aliphatic carbocycles. The van der Waals surface area contributed by atoms with E-state index in [1.807, 2.05) is 23.6 Å². The summed E-state index contributed by atoms with van der Waals surface area (Å²) in [5, 5.41) is 2.77. The average Bonchev–Trinajstić information content (AvgIpc) is 3.30. The van der Waals surface area contributed by atoms with Crippen LogP contribution < -0.4 is 14.4 Å². The fourth-order valence-electron chi connectivity index (χ4n) is 3.65. The standard InChI is InChI=1S/C22H24FN3O4S2/c1-15-4-5-16(23)12-21(15)32(27,28)26-10-8-25(9-11-26)22-24-19(14-31-22)18-7-6-17(29-2)13-20(18)30-3/h4-7,12-14H,8-11H2,1-3H3. The molecular weight excluding hydrogens is 453 g/mol. The second-order valence-corrected chi connectivity index (χ2v) is 10.1. The number of hydrogen-bond acceptors (Lipinski definition) is 7. The van der Waals surface area contributed by atoms with Crippen LogP contribution in [0.25, 0.3) is 11.3 Å². The van der Waals surface area contributed by atoms with Gasteiger partial charge in [0.1, 0.15) is 17.3 Å². The highest BCUT2D eigenvalue weighted by Gasteiger charge is 2.30. The number of nitrogens with zero attached hydrogens (tertiary/aromatic N) is 3. The van der Waals surface area contributed by atoms with Crippen LogP contribution in [0.1, 0.15) is 5.56 Å². The van der Waals surface area contributed by atoms with Crippen LogP contribution >= 0.6 is 11.3 Å². The molecule has 0 amide bonds. The minimum atomic E-state index is -3.75. The van der Waals surface area contributed by atoms with Gasteiger partial charge in [-0.15, -0.1) is 11.3 Å². The van der Waals surface area contributed by atoms with E-state index in [0.717, 1.165) is 22.5 Å². The van der Waals surface area contributed by atoms with Gasteiger partial charge in [0.2, 0.25) is 10.0 Å². The second kappa shape index (κ2) is 9.05. The normalized spacial score (nSPS) is 15.1. The van der Waals surface area contributed by atoms with Crippen LogP contribution in [0.15, 0.2) is 46.7 Å². The van der Waals surface area contributed by atoms with Gasteiger partial charge in [0.05, 0.1) is 24.8 Å². The molecule has 1 aliphatic rings. The molecule has 1 fully saturated rings. The lowest BCUT2D eigenvalue weighted by atomic mass is 10.1. The van der Waals surface area contributed by atoms with Gasteiger partial charge < -0.3 is 14.4 Å². The Kier molecular flexibility index (Phi) is 6.36. The maximum atomic E-state index is 13.7. The number of thiazole rings is 1. The number of halogens is 1. The molecule has 0 bridgehead atoms. The molecule has 0 radical (unpaired) electrons. The Morgan fingerprint density at radius 1 is 1.03 bits per heavy atom. The van der Waals surface area contributed by atoms with Crippen LogP contribution in [0.4, 0.5) is 9.52 Å². The fraction of sp³-hybridized carbons (Fsp3) is 0.318. The Bertz CT molecular complexity index is 1220. The average molecular weight is 478 g/mol. The Labute approximate surface area is 191 Å². The number of anilines is 1. The van der Waals surface area contributed by atoms with Gasteiger partial charge in [0, 0.05) is 43.2 Å². The quantitative estimate of drug-likeness (QED) is 0.538. The largest absolute Gasteiger partial charge is 0.497 e. The van der Waals surface area contributed by atoms with E-state index in [2.05, 4.69) is 4.90 Å². The monoisotopic (exact) mass is 477 g/mol. The minimum absolute atomic E-state index is 0.0223. The van der Waals surface area contributed by atoms with Crippen LogP contribution in [0.2, 0.25) is 0 Å². The summed E-state index contributed by atoms with van der Waals surface area (Å²) in [6.07, 6.45) is 0. The van der Waals surface area contributed by atoms with Crippen molar-refractivity contribution in [3.63, 3.8) is 0 Å². The number of rotatable bonds is 6. The van der Waals surface area contributed by atoms with Gasteiger partial charge in [-0.1, -0.05) is 6.07 Å². The van der Waals surface area contributed by atoms with E-state index < -0.39 is 15.8 Å². The van der Waals surface area contributed by atoms with Crippen molar-refractivity contribution in [1.82, 2.24) is 9.29 Å². The van der Waals surface area contributed by atoms with Gasteiger partial charge in [0.15, 0.2) is 5.13 Å². The van der Waals surface area contributed by atoms with Gasteiger partial charge in [-0.3, -0.25) is 0 Å². The SMILES string of the molecule is COc1ccc(-c2csc(N3CCN(S(=O)(=O)c4cc(F)ccc4C)CC3)n2)c(OC)c1. The Hall–Kier alpha value is -2.69. The summed E-state index contributed by atoms with van der Waals surface area (Å²) in [6, 6.07) is 9.42. The van der Waals surface area contributed by atoms with Gasteiger partial charge in [-0.05, 0) is 36.8 Å². The Balaban J connectivity index is 1.49. The molecule has 170 valence electrons. The van der Waals surface area contributed by atoms with Crippen molar-refractivity contribution in [3.05, 3.63) is 53.2 Å². The second-order valence-electron chi connectivity index (χ2n) is 7.38. The topological polar surface area (TPSA) is 72.0 Å². The molecule has 2 aromatic carbocycles. The first-order valence-electron chi connectivity index (χ1n) is 10.0. The van der Waals surface area contributed by atoms with E-state index in [1.165, 1.54) is 27.8 Å². The number of ether oxygens (including phenoxy) is 2. The zero-order chi connectivity index (χ0) is 22.9. The summed E-state index contributed by atoms with van der Waals surface area (Å²) in [6.45, 7) is 3.28. The lowest BCUT2D eigenvalue weighted by molar-refractivity contribution is 0.384. The first-order valence-corrected chi connectivity index (χ1v) is 12.3. The van der Waals surface area contributed by atoms with E-state index in [0.29, 0.717) is 43.2 Å². The van der Waals surface area contributed by atoms with Gasteiger partial charge in [-0.25, -0.2) is 17.8 Å². The molecule has 7 nitrogen and oxygen atoms in total. The van der Waals surface area contributed by atoms with Crippen LogP contribution in [0.3, 0.4) is 0 Å². The number of hydrogen-bond donors (Lipinski definition) is 0. The van der Waals surface area contributed by atoms with E-state index in [1.54, 1.807) is 21.1 Å². The first kappa shape index (κ1) is 22.5. The predicted molar refractivity (Wildman–Crippen MR) is 123 cm³/mol. The summed E-state index contributed by atoms with van der Waals surface area (Å²) in [7, 11) is -0.548. The molecule has 0 unspecified atom stereocenters. The molecule has 3 aromatic rings. The summed E-state index contributed by atoms with van der Waals surface area (Å²) in [4.78, 5) is 6.83. The number of piperazine rings is 1. The zero-order valence-electron chi connectivity index (χ0n) is 18.0.